The summed E-state index contributed by atoms with van der Waals surface area (Å²) < 4.78 is 5.11. The zero-order valence-electron chi connectivity index (χ0n) is 36.8. The first kappa shape index (κ1) is 51.6. The van der Waals surface area contributed by atoms with Crippen molar-refractivity contribution < 1.29 is 62.9 Å². The number of nitrogens with zero attached hydrogens (tertiary/aromatic N) is 1. The van der Waals surface area contributed by atoms with Gasteiger partial charge in [0, 0.05) is 55.3 Å². The van der Waals surface area contributed by atoms with Gasteiger partial charge < -0.3 is 62.9 Å². The smallest absolute Gasteiger partial charge is 0.326 e. The Kier molecular flexibility index (Phi) is 18.4. The zero-order chi connectivity index (χ0) is 48.3. The minimum absolute atomic E-state index is 0.0222. The molecule has 10 atom stereocenters. The quantitative estimate of drug-likeness (QED) is 0.0913. The van der Waals surface area contributed by atoms with Gasteiger partial charge in [-0.1, -0.05) is 45.4 Å². The molecule has 0 saturated carbocycles. The summed E-state index contributed by atoms with van der Waals surface area (Å²) in [5, 5.41) is 34.3. The van der Waals surface area contributed by atoms with Gasteiger partial charge in [-0.25, -0.2) is 4.79 Å². The number of amides is 7. The Balaban J connectivity index is 1.65. The van der Waals surface area contributed by atoms with E-state index in [0.29, 0.717) is 27.9 Å². The van der Waals surface area contributed by atoms with Crippen LogP contribution in [0, 0.1) is 17.8 Å². The second-order valence-electron chi connectivity index (χ2n) is 16.5. The number of carbonyl (C=O) groups is 10. The van der Waals surface area contributed by atoms with Crippen LogP contribution in [-0.2, 0) is 59.1 Å². The number of fused-ring (bicyclic) bond motifs is 3. The molecule has 2 aliphatic rings. The molecule has 1 fully saturated rings. The minimum atomic E-state index is -1.59. The van der Waals surface area contributed by atoms with E-state index in [1.54, 1.807) is 38.1 Å². The van der Waals surface area contributed by atoms with Crippen LogP contribution in [0.15, 0.2) is 29.3 Å². The molecular weight excluding hydrogens is 871 g/mol. The van der Waals surface area contributed by atoms with Crippen LogP contribution >= 0.6 is 11.8 Å². The second-order valence-corrected chi connectivity index (χ2v) is 17.5. The summed E-state index contributed by atoms with van der Waals surface area (Å²) in [6.07, 6.45) is -3.50. The van der Waals surface area contributed by atoms with Crippen molar-refractivity contribution >= 4 is 81.7 Å². The number of nitrogens with two attached hydrogens (primary N) is 2. The van der Waals surface area contributed by atoms with Gasteiger partial charge in [-0.05, 0) is 30.9 Å². The first-order valence-corrected chi connectivity index (χ1v) is 22.2. The number of aromatic amines is 1. The molecule has 0 aliphatic carbocycles. The lowest BCUT2D eigenvalue weighted by molar-refractivity contribution is -0.154. The van der Waals surface area contributed by atoms with Crippen molar-refractivity contribution in [2.24, 2.45) is 29.2 Å². The lowest BCUT2D eigenvalue weighted by Gasteiger charge is -2.31. The van der Waals surface area contributed by atoms with Crippen LogP contribution in [0.5, 0.6) is 0 Å². The maximum Gasteiger partial charge on any atom is 0.326 e. The van der Waals surface area contributed by atoms with Gasteiger partial charge in [-0.3, -0.25) is 43.2 Å². The molecule has 2 aromatic rings. The number of para-hydroxylation sites is 1. The third-order valence-corrected chi connectivity index (χ3v) is 12.7. The Labute approximate surface area is 378 Å². The van der Waals surface area contributed by atoms with Crippen LogP contribution in [0.1, 0.15) is 65.9 Å². The summed E-state index contributed by atoms with van der Waals surface area (Å²) >= 11 is 1.08. The minimum Gasteiger partial charge on any atom is -0.480 e. The molecule has 1 saturated heterocycles. The van der Waals surface area contributed by atoms with E-state index in [1.165, 1.54) is 13.8 Å². The van der Waals surface area contributed by atoms with Gasteiger partial charge in [-0.15, -0.1) is 11.8 Å². The van der Waals surface area contributed by atoms with Crippen LogP contribution in [0.25, 0.3) is 10.9 Å². The molecule has 23 heteroatoms. The van der Waals surface area contributed by atoms with Crippen molar-refractivity contribution in [3.05, 3.63) is 29.8 Å². The number of benzene rings is 1. The number of aromatic nitrogens is 1. The predicted octanol–water partition coefficient (Wildman–Crippen LogP) is -2.04. The fraction of sp³-hybridized carbons (Fsp3) is 0.571. The molecule has 3 heterocycles. The first-order valence-electron chi connectivity index (χ1n) is 21.2. The van der Waals surface area contributed by atoms with Gasteiger partial charge in [0.05, 0.1) is 42.2 Å². The molecule has 65 heavy (non-hydrogen) atoms. The van der Waals surface area contributed by atoms with Gasteiger partial charge in [0.1, 0.15) is 24.2 Å². The van der Waals surface area contributed by atoms with E-state index in [0.717, 1.165) is 23.6 Å². The molecule has 4 rings (SSSR count). The van der Waals surface area contributed by atoms with Crippen LogP contribution in [0.3, 0.4) is 0 Å². The highest BCUT2D eigenvalue weighted by Gasteiger charge is 2.44. The Bertz CT molecular complexity index is 2150. The topological polar surface area (TPSA) is 352 Å². The highest BCUT2D eigenvalue weighted by atomic mass is 32.2. The maximum absolute atomic E-state index is 14.4. The van der Waals surface area contributed by atoms with Crippen LogP contribution < -0.4 is 38.1 Å². The Morgan fingerprint density at radius 3 is 2.25 bits per heavy atom. The summed E-state index contributed by atoms with van der Waals surface area (Å²) in [6, 6.07) is 0.436. The third kappa shape index (κ3) is 14.0. The van der Waals surface area contributed by atoms with Crippen molar-refractivity contribution in [2.75, 3.05) is 25.4 Å². The van der Waals surface area contributed by atoms with Crippen molar-refractivity contribution in [3.8, 4) is 0 Å². The normalized spacial score (nSPS) is 23.7. The Morgan fingerprint density at radius 1 is 0.969 bits per heavy atom. The number of carboxylic acid groups (broad SMARTS) is 1. The number of β-amino-alcohol motifs (C(OH)–C–C–N with tert-alkyl or cyclic N) is 1. The van der Waals surface area contributed by atoms with Crippen molar-refractivity contribution in [3.63, 3.8) is 0 Å². The van der Waals surface area contributed by atoms with E-state index in [-0.39, 0.29) is 18.6 Å². The number of carboxylic acids is 1. The average Bonchev–Trinajstić information content (AvgIpc) is 3.81. The molecule has 0 spiro atoms. The Hall–Kier alpha value is -6.07. The molecule has 1 aromatic carbocycles. The summed E-state index contributed by atoms with van der Waals surface area (Å²) in [5.41, 5.74) is 13.2. The number of likely N-dealkylation sites (tertiary alicyclic amines) is 1. The predicted molar refractivity (Wildman–Crippen MR) is 233 cm³/mol. The number of aliphatic carboxylic acids is 1. The SMILES string of the molecule is CC[C@H](C)[C@@H]1NC(=O)CNC(=O)C(N)Cc2c([nH]c3ccccc23)SCC(C(=O)C[C@@H](CC(N)=O)C(=O)N2CC(O)C[C@H]2C(=O)N[C@H](C(=O)O)[C@@H](C)[C@H](C)OC(C)=O)NC(=O)CNC1=O. The lowest BCUT2D eigenvalue weighted by atomic mass is 9.93. The van der Waals surface area contributed by atoms with Crippen LogP contribution in [0.4, 0.5) is 0 Å². The number of nitrogens with one attached hydrogen (secondary N) is 6. The third-order valence-electron chi connectivity index (χ3n) is 11.6. The van der Waals surface area contributed by atoms with Crippen LogP contribution in [0.2, 0.25) is 0 Å². The van der Waals surface area contributed by atoms with Gasteiger partial charge >= 0.3 is 11.9 Å². The van der Waals surface area contributed by atoms with Gasteiger partial charge in [0.15, 0.2) is 5.78 Å². The molecule has 22 nitrogen and oxygen atoms in total. The number of aliphatic hydroxyl groups excluding tert-OH is 1. The monoisotopic (exact) mass is 929 g/mol. The number of thioether (sulfide) groups is 1. The van der Waals surface area contributed by atoms with Gasteiger partial charge in [-0.2, -0.15) is 0 Å². The number of ether oxygens (including phenoxy) is 1. The first-order chi connectivity index (χ1) is 30.6. The number of rotatable bonds is 14. The average molecular weight is 930 g/mol. The molecule has 0 radical (unpaired) electrons. The summed E-state index contributed by atoms with van der Waals surface area (Å²) in [6.45, 7) is 5.98. The molecule has 2 aliphatic heterocycles. The highest BCUT2D eigenvalue weighted by Crippen LogP contribution is 2.32. The molecule has 3 unspecified atom stereocenters. The van der Waals surface area contributed by atoms with Gasteiger partial charge in [0.2, 0.25) is 41.4 Å². The van der Waals surface area contributed by atoms with E-state index in [4.69, 9.17) is 16.2 Å². The van der Waals surface area contributed by atoms with E-state index < -0.39 is 152 Å². The maximum atomic E-state index is 14.4. The number of esters is 1. The number of hydrogen-bond donors (Lipinski definition) is 10. The summed E-state index contributed by atoms with van der Waals surface area (Å²) in [5.74, 6) is -11.7. The van der Waals surface area contributed by atoms with Crippen molar-refractivity contribution in [1.82, 2.24) is 36.5 Å². The van der Waals surface area contributed by atoms with Crippen molar-refractivity contribution in [2.45, 2.75) is 114 Å². The van der Waals surface area contributed by atoms with Crippen LogP contribution in [-0.4, -0.2) is 147 Å². The number of carbonyl (C=O) groups excluding carboxylic acids is 9. The van der Waals surface area contributed by atoms with Gasteiger partial charge in [0.25, 0.3) is 0 Å². The van der Waals surface area contributed by atoms with E-state index in [1.807, 2.05) is 0 Å². The molecular formula is C42H59N9O13S. The number of H-pyrrole nitrogens is 1. The van der Waals surface area contributed by atoms with Crippen molar-refractivity contribution in [1.29, 1.82) is 0 Å². The summed E-state index contributed by atoms with van der Waals surface area (Å²) in [4.78, 5) is 136. The molecule has 0 bridgehead atoms. The molecule has 7 amide bonds. The molecule has 356 valence electrons. The highest BCUT2D eigenvalue weighted by molar-refractivity contribution is 7.99. The molecule has 1 aromatic heterocycles. The number of Topliss-reactive ketones (excluding diaryl/α,β-unsaturated/α-hetero) is 1. The zero-order valence-corrected chi connectivity index (χ0v) is 37.7. The molecule has 12 N–H and O–H groups in total. The van der Waals surface area contributed by atoms with E-state index in [9.17, 15) is 58.2 Å². The number of ketones is 1. The van der Waals surface area contributed by atoms with E-state index in [2.05, 4.69) is 31.6 Å². The number of hydrogen-bond acceptors (Lipinski definition) is 14. The standard InChI is InChI=1S/C42H59N9O13S/c1-6-19(2)35-39(60)46-15-33(56)47-29(18-65-40-26(25-9-7-8-10-28(25)48-40)14-27(43)37(58)45-16-34(57)49-35)31(54)11-23(12-32(44)55)41(61)51-17-24(53)13-30(51)38(59)50-36(42(62)63)20(3)21(4)64-22(5)52/h7-10,19-21,23-24,27,29-30,35-36,48,53H,6,11-18,43H2,1-5H3,(H2,44,55)(H,45,58)(H,46,60)(H,47,56)(H,49,57)(H,50,59)(H,62,63)/t19-,20-,21-,23-,24?,27?,29?,30-,35-,36-/m0/s1. The largest absolute Gasteiger partial charge is 0.480 e. The Morgan fingerprint density at radius 2 is 1.62 bits per heavy atom. The fourth-order valence-electron chi connectivity index (χ4n) is 7.67. The van der Waals surface area contributed by atoms with E-state index >= 15 is 0 Å². The number of primary amides is 1. The number of aliphatic hydroxyl groups is 1. The summed E-state index contributed by atoms with van der Waals surface area (Å²) in [7, 11) is 0. The lowest BCUT2D eigenvalue weighted by Crippen LogP contribution is -2.55. The fourth-order valence-corrected chi connectivity index (χ4v) is 8.82. The second kappa shape index (κ2) is 23.2.